The van der Waals surface area contributed by atoms with E-state index in [4.69, 9.17) is 18.6 Å². The summed E-state index contributed by atoms with van der Waals surface area (Å²) in [7, 11) is 0. The van der Waals surface area contributed by atoms with Gasteiger partial charge in [0.2, 0.25) is 0 Å². The fourth-order valence-electron chi connectivity index (χ4n) is 3.68. The lowest BCUT2D eigenvalue weighted by molar-refractivity contribution is -0.146. The SMILES string of the molecule is O=C(COC(=O)Cc1coc2ccc3ccccc3c12)Nc1ccc2c(c1)OCCO2. The van der Waals surface area contributed by atoms with Crippen LogP contribution < -0.4 is 14.8 Å². The molecule has 1 aliphatic heterocycles. The number of fused-ring (bicyclic) bond motifs is 4. The van der Waals surface area contributed by atoms with Gasteiger partial charge in [0, 0.05) is 22.7 Å². The van der Waals surface area contributed by atoms with Crippen molar-refractivity contribution in [2.24, 2.45) is 0 Å². The van der Waals surface area contributed by atoms with Gasteiger partial charge in [-0.15, -0.1) is 0 Å². The molecule has 0 fully saturated rings. The molecule has 0 aliphatic carbocycles. The van der Waals surface area contributed by atoms with Crippen LogP contribution in [0.25, 0.3) is 21.7 Å². The minimum Gasteiger partial charge on any atom is -0.486 e. The maximum absolute atomic E-state index is 12.4. The Balaban J connectivity index is 1.22. The Hall–Kier alpha value is -4.00. The molecule has 3 aromatic carbocycles. The first-order valence-corrected chi connectivity index (χ1v) is 9.90. The maximum Gasteiger partial charge on any atom is 0.310 e. The van der Waals surface area contributed by atoms with Gasteiger partial charge in [-0.05, 0) is 29.0 Å². The average molecular weight is 417 g/mol. The van der Waals surface area contributed by atoms with Gasteiger partial charge in [-0.1, -0.05) is 30.3 Å². The van der Waals surface area contributed by atoms with E-state index in [-0.39, 0.29) is 13.0 Å². The largest absolute Gasteiger partial charge is 0.486 e. The maximum atomic E-state index is 12.4. The third-order valence-electron chi connectivity index (χ3n) is 5.07. The highest BCUT2D eigenvalue weighted by molar-refractivity contribution is 6.08. The topological polar surface area (TPSA) is 87.0 Å². The lowest BCUT2D eigenvalue weighted by Crippen LogP contribution is -2.22. The van der Waals surface area contributed by atoms with E-state index >= 15 is 0 Å². The highest BCUT2D eigenvalue weighted by atomic mass is 16.6. The Labute approximate surface area is 177 Å². The van der Waals surface area contributed by atoms with Gasteiger partial charge < -0.3 is 23.9 Å². The summed E-state index contributed by atoms with van der Waals surface area (Å²) in [6.07, 6.45) is 1.58. The van der Waals surface area contributed by atoms with Crippen molar-refractivity contribution in [3.8, 4) is 11.5 Å². The third kappa shape index (κ3) is 3.90. The third-order valence-corrected chi connectivity index (χ3v) is 5.07. The van der Waals surface area contributed by atoms with Crippen molar-refractivity contribution < 1.29 is 28.2 Å². The molecule has 5 rings (SSSR count). The summed E-state index contributed by atoms with van der Waals surface area (Å²) >= 11 is 0. The summed E-state index contributed by atoms with van der Waals surface area (Å²) in [5, 5.41) is 5.64. The molecule has 0 saturated heterocycles. The number of nitrogens with one attached hydrogen (secondary N) is 1. The number of rotatable bonds is 5. The minimum atomic E-state index is -0.507. The number of amides is 1. The Bertz CT molecular complexity index is 1290. The van der Waals surface area contributed by atoms with Crippen LogP contribution in [-0.4, -0.2) is 31.7 Å². The molecule has 1 aliphatic rings. The van der Waals surface area contributed by atoms with E-state index in [0.717, 1.165) is 21.7 Å². The molecule has 0 unspecified atom stereocenters. The van der Waals surface area contributed by atoms with Gasteiger partial charge in [0.25, 0.3) is 5.91 Å². The number of anilines is 1. The van der Waals surface area contributed by atoms with Crippen molar-refractivity contribution >= 4 is 39.3 Å². The van der Waals surface area contributed by atoms with E-state index < -0.39 is 11.9 Å². The van der Waals surface area contributed by atoms with Crippen molar-refractivity contribution in [3.05, 3.63) is 66.4 Å². The predicted octanol–water partition coefficient (Wildman–Crippen LogP) is 4.08. The average Bonchev–Trinajstić information content (AvgIpc) is 3.21. The lowest BCUT2D eigenvalue weighted by atomic mass is 10.0. The first-order valence-electron chi connectivity index (χ1n) is 9.90. The van der Waals surface area contributed by atoms with Crippen LogP contribution in [0.2, 0.25) is 0 Å². The zero-order valence-electron chi connectivity index (χ0n) is 16.6. The minimum absolute atomic E-state index is 0.0122. The molecule has 0 atom stereocenters. The standard InChI is InChI=1S/C24H19NO6/c26-22(25-17-6-8-19-21(12-17)29-10-9-28-19)14-31-23(27)11-16-13-30-20-7-5-15-3-1-2-4-18(15)24(16)20/h1-8,12-13H,9-11,14H2,(H,25,26). The number of hydrogen-bond acceptors (Lipinski definition) is 6. The van der Waals surface area contributed by atoms with Crippen molar-refractivity contribution in [1.29, 1.82) is 0 Å². The Morgan fingerprint density at radius 1 is 0.968 bits per heavy atom. The normalized spacial score (nSPS) is 12.6. The van der Waals surface area contributed by atoms with Gasteiger partial charge in [-0.3, -0.25) is 9.59 Å². The van der Waals surface area contributed by atoms with Gasteiger partial charge in [0.15, 0.2) is 18.1 Å². The zero-order valence-corrected chi connectivity index (χ0v) is 16.6. The molecule has 7 heteroatoms. The lowest BCUT2D eigenvalue weighted by Gasteiger charge is -2.19. The fraction of sp³-hybridized carbons (Fsp3) is 0.167. The van der Waals surface area contributed by atoms with Crippen LogP contribution >= 0.6 is 0 Å². The summed E-state index contributed by atoms with van der Waals surface area (Å²) in [5.41, 5.74) is 1.97. The number of carbonyl (C=O) groups is 2. The second-order valence-corrected chi connectivity index (χ2v) is 7.16. The van der Waals surface area contributed by atoms with Crippen LogP contribution in [-0.2, 0) is 20.7 Å². The number of hydrogen-bond donors (Lipinski definition) is 1. The summed E-state index contributed by atoms with van der Waals surface area (Å²) in [4.78, 5) is 24.6. The van der Waals surface area contributed by atoms with Crippen LogP contribution in [0.4, 0.5) is 5.69 Å². The molecule has 31 heavy (non-hydrogen) atoms. The molecular formula is C24H19NO6. The van der Waals surface area contributed by atoms with E-state index in [9.17, 15) is 9.59 Å². The van der Waals surface area contributed by atoms with Crippen LogP contribution in [0.3, 0.4) is 0 Å². The van der Waals surface area contributed by atoms with Crippen molar-refractivity contribution in [2.45, 2.75) is 6.42 Å². The monoisotopic (exact) mass is 417 g/mol. The van der Waals surface area contributed by atoms with E-state index in [1.165, 1.54) is 0 Å². The highest BCUT2D eigenvalue weighted by Gasteiger charge is 2.16. The number of carbonyl (C=O) groups excluding carboxylic acids is 2. The Morgan fingerprint density at radius 3 is 2.71 bits per heavy atom. The van der Waals surface area contributed by atoms with Gasteiger partial charge >= 0.3 is 5.97 Å². The zero-order chi connectivity index (χ0) is 21.2. The Morgan fingerprint density at radius 2 is 1.81 bits per heavy atom. The second-order valence-electron chi connectivity index (χ2n) is 7.16. The van der Waals surface area contributed by atoms with Crippen LogP contribution in [0.1, 0.15) is 5.56 Å². The quantitative estimate of drug-likeness (QED) is 0.493. The highest BCUT2D eigenvalue weighted by Crippen LogP contribution is 2.33. The molecule has 156 valence electrons. The fourth-order valence-corrected chi connectivity index (χ4v) is 3.68. The molecule has 4 aromatic rings. The molecule has 0 radical (unpaired) electrons. The van der Waals surface area contributed by atoms with E-state index in [1.807, 2.05) is 36.4 Å². The molecule has 0 bridgehead atoms. The van der Waals surface area contributed by atoms with Gasteiger partial charge in [-0.2, -0.15) is 0 Å². The number of benzene rings is 3. The summed E-state index contributed by atoms with van der Waals surface area (Å²) in [6, 6.07) is 16.9. The molecule has 1 aromatic heterocycles. The van der Waals surface area contributed by atoms with Crippen molar-refractivity contribution in [1.82, 2.24) is 0 Å². The molecule has 0 spiro atoms. The van der Waals surface area contributed by atoms with E-state index in [1.54, 1.807) is 24.5 Å². The summed E-state index contributed by atoms with van der Waals surface area (Å²) < 4.78 is 21.7. The molecule has 0 saturated carbocycles. The second kappa shape index (κ2) is 8.02. The molecular weight excluding hydrogens is 398 g/mol. The van der Waals surface area contributed by atoms with E-state index in [0.29, 0.717) is 36.0 Å². The number of furan rings is 1. The molecule has 1 N–H and O–H groups in total. The van der Waals surface area contributed by atoms with E-state index in [2.05, 4.69) is 5.32 Å². The predicted molar refractivity (Wildman–Crippen MR) is 114 cm³/mol. The van der Waals surface area contributed by atoms with Crippen LogP contribution in [0, 0.1) is 0 Å². The molecule has 7 nitrogen and oxygen atoms in total. The molecule has 2 heterocycles. The first kappa shape index (κ1) is 19.0. The number of esters is 1. The first-order chi connectivity index (χ1) is 15.2. The van der Waals surface area contributed by atoms with Crippen LogP contribution in [0.5, 0.6) is 11.5 Å². The Kier molecular flexibility index (Phi) is 4.92. The van der Waals surface area contributed by atoms with Crippen LogP contribution in [0.15, 0.2) is 65.3 Å². The number of ether oxygens (including phenoxy) is 3. The summed E-state index contributed by atoms with van der Waals surface area (Å²) in [5.74, 6) is 0.260. The smallest absolute Gasteiger partial charge is 0.310 e. The van der Waals surface area contributed by atoms with Crippen molar-refractivity contribution in [2.75, 3.05) is 25.1 Å². The van der Waals surface area contributed by atoms with Gasteiger partial charge in [-0.25, -0.2) is 0 Å². The molecule has 1 amide bonds. The van der Waals surface area contributed by atoms with Gasteiger partial charge in [0.05, 0.1) is 12.7 Å². The van der Waals surface area contributed by atoms with Crippen molar-refractivity contribution in [3.63, 3.8) is 0 Å². The van der Waals surface area contributed by atoms with Gasteiger partial charge in [0.1, 0.15) is 18.8 Å². The summed E-state index contributed by atoms with van der Waals surface area (Å²) in [6.45, 7) is 0.570.